The van der Waals surface area contributed by atoms with Gasteiger partial charge in [0.15, 0.2) is 0 Å². The van der Waals surface area contributed by atoms with Crippen molar-refractivity contribution in [2.45, 2.75) is 13.3 Å². The molecule has 0 saturated heterocycles. The third-order valence-electron chi connectivity index (χ3n) is 1.22. The maximum absolute atomic E-state index is 10.9. The highest BCUT2D eigenvalue weighted by Crippen LogP contribution is 2.02. The van der Waals surface area contributed by atoms with Crippen LogP contribution >= 0.6 is 0 Å². The van der Waals surface area contributed by atoms with Crippen LogP contribution in [0.1, 0.15) is 23.9 Å². The number of hydrogen-bond donors (Lipinski definition) is 0. The second kappa shape index (κ2) is 3.71. The molecule has 0 saturated carbocycles. The van der Waals surface area contributed by atoms with E-state index in [1.807, 2.05) is 0 Å². The molecule has 0 aromatic carbocycles. The average molecular weight is 168 g/mol. The predicted molar refractivity (Wildman–Crippen MR) is 39.4 cm³/mol. The normalized spacial score (nSPS) is 9.42. The minimum absolute atomic E-state index is 0.0387. The van der Waals surface area contributed by atoms with Gasteiger partial charge in [-0.1, -0.05) is 6.92 Å². The Labute approximate surface area is 69.1 Å². The van der Waals surface area contributed by atoms with Gasteiger partial charge in [-0.05, 0) is 12.1 Å². The maximum atomic E-state index is 10.9. The lowest BCUT2D eigenvalue weighted by Gasteiger charge is -1.96. The van der Waals surface area contributed by atoms with E-state index in [2.05, 4.69) is 4.74 Å². The lowest BCUT2D eigenvalue weighted by Crippen LogP contribution is -2.10. The Kier molecular flexibility index (Phi) is 2.63. The molecule has 0 spiro atoms. The molecular formula is C8H8O4. The molecule has 1 aromatic rings. The van der Waals surface area contributed by atoms with Crippen molar-refractivity contribution < 1.29 is 18.7 Å². The summed E-state index contributed by atoms with van der Waals surface area (Å²) in [6.07, 6.45) is 1.51. The van der Waals surface area contributed by atoms with Crippen LogP contribution in [-0.2, 0) is 9.53 Å². The Balaban J connectivity index is 2.56. The molecule has 0 N–H and O–H groups in total. The Morgan fingerprint density at radius 3 is 2.83 bits per heavy atom. The molecule has 1 rings (SSSR count). The van der Waals surface area contributed by atoms with Crippen LogP contribution in [0, 0.1) is 0 Å². The monoisotopic (exact) mass is 168 g/mol. The fourth-order valence-corrected chi connectivity index (χ4v) is 0.621. The van der Waals surface area contributed by atoms with Crippen molar-refractivity contribution in [1.29, 1.82) is 0 Å². The van der Waals surface area contributed by atoms with Crippen LogP contribution in [0.3, 0.4) is 0 Å². The number of carbonyl (C=O) groups excluding carboxylic acids is 2. The molecule has 0 aliphatic heterocycles. The van der Waals surface area contributed by atoms with Crippen LogP contribution in [0.25, 0.3) is 0 Å². The Bertz CT molecular complexity index is 273. The highest BCUT2D eigenvalue weighted by atomic mass is 16.6. The van der Waals surface area contributed by atoms with Crippen LogP contribution in [0.15, 0.2) is 22.8 Å². The SMILES string of the molecule is CCC(=O)OC(=O)c1ccco1. The van der Waals surface area contributed by atoms with E-state index in [4.69, 9.17) is 4.42 Å². The molecule has 0 fully saturated rings. The second-order valence-corrected chi connectivity index (χ2v) is 2.09. The van der Waals surface area contributed by atoms with Gasteiger partial charge in [0.2, 0.25) is 5.76 Å². The van der Waals surface area contributed by atoms with Crippen molar-refractivity contribution in [2.75, 3.05) is 0 Å². The highest BCUT2D eigenvalue weighted by molar-refractivity contribution is 5.94. The molecule has 4 nitrogen and oxygen atoms in total. The maximum Gasteiger partial charge on any atom is 0.381 e. The molecule has 4 heteroatoms. The molecule has 0 unspecified atom stereocenters. The number of furan rings is 1. The minimum atomic E-state index is -0.744. The van der Waals surface area contributed by atoms with Crippen LogP contribution in [-0.4, -0.2) is 11.9 Å². The Morgan fingerprint density at radius 2 is 2.33 bits per heavy atom. The molecule has 1 aromatic heterocycles. The average Bonchev–Trinajstić information content (AvgIpc) is 2.56. The van der Waals surface area contributed by atoms with Gasteiger partial charge in [0.05, 0.1) is 6.26 Å². The fourth-order valence-electron chi connectivity index (χ4n) is 0.621. The number of carbonyl (C=O) groups is 2. The molecule has 0 aliphatic rings. The summed E-state index contributed by atoms with van der Waals surface area (Å²) >= 11 is 0. The largest absolute Gasteiger partial charge is 0.457 e. The topological polar surface area (TPSA) is 56.5 Å². The summed E-state index contributed by atoms with van der Waals surface area (Å²) in [5.41, 5.74) is 0. The lowest BCUT2D eigenvalue weighted by atomic mass is 10.4. The molecule has 0 amide bonds. The van der Waals surface area contributed by atoms with Gasteiger partial charge >= 0.3 is 11.9 Å². The van der Waals surface area contributed by atoms with Gasteiger partial charge in [-0.25, -0.2) is 4.79 Å². The van der Waals surface area contributed by atoms with Crippen LogP contribution in [0.5, 0.6) is 0 Å². The summed E-state index contributed by atoms with van der Waals surface area (Å²) in [5.74, 6) is -1.26. The third-order valence-corrected chi connectivity index (χ3v) is 1.22. The number of rotatable bonds is 2. The smallest absolute Gasteiger partial charge is 0.381 e. The van der Waals surface area contributed by atoms with Crippen LogP contribution in [0.4, 0.5) is 0 Å². The molecule has 0 radical (unpaired) electrons. The molecule has 0 aliphatic carbocycles. The Hall–Kier alpha value is -1.58. The highest BCUT2D eigenvalue weighted by Gasteiger charge is 2.13. The van der Waals surface area contributed by atoms with E-state index in [-0.39, 0.29) is 12.2 Å². The van der Waals surface area contributed by atoms with Gasteiger partial charge in [-0.2, -0.15) is 0 Å². The molecule has 1 heterocycles. The molecule has 0 atom stereocenters. The summed E-state index contributed by atoms with van der Waals surface area (Å²) in [5, 5.41) is 0. The first-order valence-corrected chi connectivity index (χ1v) is 3.52. The Morgan fingerprint density at radius 1 is 1.58 bits per heavy atom. The van der Waals surface area contributed by atoms with Gasteiger partial charge in [-0.15, -0.1) is 0 Å². The molecule has 64 valence electrons. The van der Waals surface area contributed by atoms with E-state index in [0.29, 0.717) is 0 Å². The number of esters is 2. The first-order valence-electron chi connectivity index (χ1n) is 3.52. The predicted octanol–water partition coefficient (Wildman–Crippen LogP) is 1.37. The molecular weight excluding hydrogens is 160 g/mol. The second-order valence-electron chi connectivity index (χ2n) is 2.09. The number of hydrogen-bond acceptors (Lipinski definition) is 4. The first-order chi connectivity index (χ1) is 5.74. The van der Waals surface area contributed by atoms with Gasteiger partial charge < -0.3 is 9.15 Å². The van der Waals surface area contributed by atoms with Crippen molar-refractivity contribution in [3.8, 4) is 0 Å². The standard InChI is InChI=1S/C8H8O4/c1-2-7(9)12-8(10)6-4-3-5-11-6/h3-5H,2H2,1H3. The zero-order chi connectivity index (χ0) is 8.97. The summed E-state index contributed by atoms with van der Waals surface area (Å²) < 4.78 is 9.09. The first kappa shape index (κ1) is 8.52. The van der Waals surface area contributed by atoms with E-state index >= 15 is 0 Å². The molecule has 0 bridgehead atoms. The van der Waals surface area contributed by atoms with Crippen molar-refractivity contribution >= 4 is 11.9 Å². The summed E-state index contributed by atoms with van der Waals surface area (Å²) in [7, 11) is 0. The van der Waals surface area contributed by atoms with Crippen LogP contribution < -0.4 is 0 Å². The van der Waals surface area contributed by atoms with Gasteiger partial charge in [-0.3, -0.25) is 4.79 Å². The minimum Gasteiger partial charge on any atom is -0.457 e. The van der Waals surface area contributed by atoms with E-state index in [9.17, 15) is 9.59 Å². The summed E-state index contributed by atoms with van der Waals surface area (Å²) in [6, 6.07) is 2.98. The molecule has 12 heavy (non-hydrogen) atoms. The third kappa shape index (κ3) is 1.95. The van der Waals surface area contributed by atoms with E-state index in [1.165, 1.54) is 12.3 Å². The van der Waals surface area contributed by atoms with E-state index < -0.39 is 11.9 Å². The number of ether oxygens (including phenoxy) is 1. The fraction of sp³-hybridized carbons (Fsp3) is 0.250. The zero-order valence-corrected chi connectivity index (χ0v) is 6.57. The summed E-state index contributed by atoms with van der Waals surface area (Å²) in [6.45, 7) is 1.61. The quantitative estimate of drug-likeness (QED) is 0.494. The van der Waals surface area contributed by atoms with Crippen molar-refractivity contribution in [1.82, 2.24) is 0 Å². The zero-order valence-electron chi connectivity index (χ0n) is 6.57. The van der Waals surface area contributed by atoms with E-state index in [1.54, 1.807) is 13.0 Å². The lowest BCUT2D eigenvalue weighted by molar-refractivity contribution is -0.137. The van der Waals surface area contributed by atoms with Gasteiger partial charge in [0.1, 0.15) is 0 Å². The van der Waals surface area contributed by atoms with Crippen LogP contribution in [0.2, 0.25) is 0 Å². The van der Waals surface area contributed by atoms with E-state index in [0.717, 1.165) is 0 Å². The van der Waals surface area contributed by atoms with Crippen molar-refractivity contribution in [2.24, 2.45) is 0 Å². The van der Waals surface area contributed by atoms with Crippen molar-refractivity contribution in [3.63, 3.8) is 0 Å². The van der Waals surface area contributed by atoms with Gasteiger partial charge in [0, 0.05) is 6.42 Å². The summed E-state index contributed by atoms with van der Waals surface area (Å²) in [4.78, 5) is 21.6. The van der Waals surface area contributed by atoms with Gasteiger partial charge in [0.25, 0.3) is 0 Å². The van der Waals surface area contributed by atoms with Crippen molar-refractivity contribution in [3.05, 3.63) is 24.2 Å².